The zero-order valence-corrected chi connectivity index (χ0v) is 11.3. The first-order valence-corrected chi connectivity index (χ1v) is 6.62. The monoisotopic (exact) mass is 278 g/mol. The van der Waals surface area contributed by atoms with Crippen molar-refractivity contribution in [2.24, 2.45) is 0 Å². The van der Waals surface area contributed by atoms with Crippen molar-refractivity contribution in [3.63, 3.8) is 0 Å². The molecular formula is C16H14N4O. The van der Waals surface area contributed by atoms with Gasteiger partial charge in [-0.05, 0) is 24.3 Å². The molecule has 1 amide bonds. The number of amides is 1. The second-order valence-corrected chi connectivity index (χ2v) is 4.50. The van der Waals surface area contributed by atoms with Gasteiger partial charge >= 0.3 is 0 Å². The highest BCUT2D eigenvalue weighted by Gasteiger charge is 2.09. The zero-order valence-electron chi connectivity index (χ0n) is 11.3. The summed E-state index contributed by atoms with van der Waals surface area (Å²) in [4.78, 5) is 12.0. The van der Waals surface area contributed by atoms with Gasteiger partial charge in [0.25, 0.3) is 5.91 Å². The van der Waals surface area contributed by atoms with Crippen molar-refractivity contribution in [2.75, 3.05) is 0 Å². The molecule has 3 rings (SSSR count). The standard InChI is InChI=1S/C16H14N4O/c21-16(13-7-3-1-4-8-13)17-11-15-19-18-12-20(15)14-9-5-2-6-10-14/h1-10,12H,11H2,(H,17,21). The number of rotatable bonds is 4. The van der Waals surface area contributed by atoms with E-state index in [1.54, 1.807) is 18.5 Å². The number of nitrogens with one attached hydrogen (secondary N) is 1. The van der Waals surface area contributed by atoms with Crippen LogP contribution in [0, 0.1) is 0 Å². The van der Waals surface area contributed by atoms with Gasteiger partial charge in [0.2, 0.25) is 0 Å². The lowest BCUT2D eigenvalue weighted by molar-refractivity contribution is 0.0949. The van der Waals surface area contributed by atoms with Gasteiger partial charge in [-0.25, -0.2) is 0 Å². The summed E-state index contributed by atoms with van der Waals surface area (Å²) in [6.45, 7) is 0.322. The Morgan fingerprint density at radius 2 is 1.67 bits per heavy atom. The number of hydrogen-bond donors (Lipinski definition) is 1. The Kier molecular flexibility index (Phi) is 3.73. The molecule has 0 spiro atoms. The van der Waals surface area contributed by atoms with Crippen LogP contribution in [0.4, 0.5) is 0 Å². The molecule has 0 saturated carbocycles. The molecule has 1 N–H and O–H groups in total. The van der Waals surface area contributed by atoms with Crippen LogP contribution in [-0.4, -0.2) is 20.7 Å². The summed E-state index contributed by atoms with van der Waals surface area (Å²) < 4.78 is 1.85. The highest BCUT2D eigenvalue weighted by atomic mass is 16.1. The van der Waals surface area contributed by atoms with Crippen LogP contribution in [0.15, 0.2) is 67.0 Å². The zero-order chi connectivity index (χ0) is 14.5. The first-order chi connectivity index (χ1) is 10.3. The van der Waals surface area contributed by atoms with Crippen molar-refractivity contribution in [3.8, 4) is 5.69 Å². The van der Waals surface area contributed by atoms with E-state index in [1.165, 1.54) is 0 Å². The lowest BCUT2D eigenvalue weighted by atomic mass is 10.2. The Morgan fingerprint density at radius 3 is 2.38 bits per heavy atom. The van der Waals surface area contributed by atoms with Gasteiger partial charge in [0.15, 0.2) is 5.82 Å². The normalized spacial score (nSPS) is 10.3. The first-order valence-electron chi connectivity index (χ1n) is 6.62. The smallest absolute Gasteiger partial charge is 0.251 e. The number of nitrogens with zero attached hydrogens (tertiary/aromatic N) is 3. The number of para-hydroxylation sites is 1. The highest BCUT2D eigenvalue weighted by molar-refractivity contribution is 5.93. The van der Waals surface area contributed by atoms with E-state index < -0.39 is 0 Å². The van der Waals surface area contributed by atoms with E-state index in [1.807, 2.05) is 53.1 Å². The average molecular weight is 278 g/mol. The van der Waals surface area contributed by atoms with Gasteiger partial charge in [0, 0.05) is 11.3 Å². The Hall–Kier alpha value is -2.95. The van der Waals surface area contributed by atoms with E-state index in [4.69, 9.17) is 0 Å². The van der Waals surface area contributed by atoms with Crippen molar-refractivity contribution < 1.29 is 4.79 Å². The van der Waals surface area contributed by atoms with Crippen molar-refractivity contribution in [3.05, 3.63) is 78.4 Å². The molecule has 2 aromatic carbocycles. The summed E-state index contributed by atoms with van der Waals surface area (Å²) in [6, 6.07) is 18.9. The highest BCUT2D eigenvalue weighted by Crippen LogP contribution is 2.08. The summed E-state index contributed by atoms with van der Waals surface area (Å²) in [7, 11) is 0. The van der Waals surface area contributed by atoms with E-state index in [0.717, 1.165) is 5.69 Å². The molecule has 5 nitrogen and oxygen atoms in total. The fourth-order valence-electron chi connectivity index (χ4n) is 2.03. The third-order valence-electron chi connectivity index (χ3n) is 3.10. The fourth-order valence-corrected chi connectivity index (χ4v) is 2.03. The molecule has 0 atom stereocenters. The number of carbonyl (C=O) groups is 1. The molecule has 0 bridgehead atoms. The fraction of sp³-hybridized carbons (Fsp3) is 0.0625. The minimum Gasteiger partial charge on any atom is -0.345 e. The predicted molar refractivity (Wildman–Crippen MR) is 79.0 cm³/mol. The molecule has 0 radical (unpaired) electrons. The van der Waals surface area contributed by atoms with Gasteiger partial charge < -0.3 is 5.32 Å². The van der Waals surface area contributed by atoms with Crippen LogP contribution in [0.2, 0.25) is 0 Å². The van der Waals surface area contributed by atoms with Crippen LogP contribution >= 0.6 is 0 Å². The van der Waals surface area contributed by atoms with E-state index in [0.29, 0.717) is 17.9 Å². The summed E-state index contributed by atoms with van der Waals surface area (Å²) in [5, 5.41) is 10.8. The van der Waals surface area contributed by atoms with Gasteiger partial charge in [-0.1, -0.05) is 36.4 Å². The van der Waals surface area contributed by atoms with Crippen LogP contribution < -0.4 is 5.32 Å². The summed E-state index contributed by atoms with van der Waals surface area (Å²) in [5.41, 5.74) is 1.59. The maximum atomic E-state index is 12.0. The molecule has 21 heavy (non-hydrogen) atoms. The minimum atomic E-state index is -0.127. The first kappa shape index (κ1) is 13.1. The topological polar surface area (TPSA) is 59.8 Å². The lowest BCUT2D eigenvalue weighted by Gasteiger charge is -2.07. The lowest BCUT2D eigenvalue weighted by Crippen LogP contribution is -2.24. The summed E-state index contributed by atoms with van der Waals surface area (Å²) >= 11 is 0. The van der Waals surface area contributed by atoms with E-state index >= 15 is 0 Å². The number of aromatic nitrogens is 3. The van der Waals surface area contributed by atoms with Crippen LogP contribution in [0.3, 0.4) is 0 Å². The van der Waals surface area contributed by atoms with E-state index in [-0.39, 0.29) is 5.91 Å². The second-order valence-electron chi connectivity index (χ2n) is 4.50. The largest absolute Gasteiger partial charge is 0.345 e. The van der Waals surface area contributed by atoms with Crippen LogP contribution in [0.5, 0.6) is 0 Å². The van der Waals surface area contributed by atoms with Crippen molar-refractivity contribution in [1.29, 1.82) is 0 Å². The third-order valence-corrected chi connectivity index (χ3v) is 3.10. The van der Waals surface area contributed by atoms with Crippen LogP contribution in [0.1, 0.15) is 16.2 Å². The van der Waals surface area contributed by atoms with Gasteiger partial charge in [-0.2, -0.15) is 0 Å². The summed E-state index contributed by atoms with van der Waals surface area (Å²) in [6.07, 6.45) is 1.64. The molecule has 0 unspecified atom stereocenters. The number of hydrogen-bond acceptors (Lipinski definition) is 3. The Labute approximate surface area is 122 Å². The quantitative estimate of drug-likeness (QED) is 0.796. The van der Waals surface area contributed by atoms with Gasteiger partial charge in [-0.15, -0.1) is 10.2 Å². The van der Waals surface area contributed by atoms with Gasteiger partial charge in [-0.3, -0.25) is 9.36 Å². The maximum Gasteiger partial charge on any atom is 0.251 e. The average Bonchev–Trinajstić information content (AvgIpc) is 3.03. The molecule has 0 aliphatic rings. The van der Waals surface area contributed by atoms with E-state index in [2.05, 4.69) is 15.5 Å². The molecule has 0 fully saturated rings. The minimum absolute atomic E-state index is 0.127. The molecule has 0 saturated heterocycles. The molecule has 0 aliphatic heterocycles. The molecule has 3 aromatic rings. The van der Waals surface area contributed by atoms with Crippen LogP contribution in [-0.2, 0) is 6.54 Å². The Morgan fingerprint density at radius 1 is 1.00 bits per heavy atom. The molecule has 5 heteroatoms. The Balaban J connectivity index is 1.73. The molecule has 0 aliphatic carbocycles. The van der Waals surface area contributed by atoms with Crippen molar-refractivity contribution in [1.82, 2.24) is 20.1 Å². The molecule has 1 aromatic heterocycles. The van der Waals surface area contributed by atoms with E-state index in [9.17, 15) is 4.79 Å². The van der Waals surface area contributed by atoms with Gasteiger partial charge in [0.05, 0.1) is 6.54 Å². The van der Waals surface area contributed by atoms with Gasteiger partial charge in [0.1, 0.15) is 6.33 Å². The SMILES string of the molecule is O=C(NCc1nncn1-c1ccccc1)c1ccccc1. The van der Waals surface area contributed by atoms with Crippen molar-refractivity contribution in [2.45, 2.75) is 6.54 Å². The number of carbonyl (C=O) groups excluding carboxylic acids is 1. The summed E-state index contributed by atoms with van der Waals surface area (Å²) in [5.74, 6) is 0.559. The second kappa shape index (κ2) is 6.00. The predicted octanol–water partition coefficient (Wildman–Crippen LogP) is 2.20. The van der Waals surface area contributed by atoms with Crippen LogP contribution in [0.25, 0.3) is 5.69 Å². The third kappa shape index (κ3) is 2.97. The molecule has 1 heterocycles. The Bertz CT molecular complexity index is 722. The molecule has 104 valence electrons. The maximum absolute atomic E-state index is 12.0. The molecular weight excluding hydrogens is 264 g/mol. The van der Waals surface area contributed by atoms with Crippen molar-refractivity contribution >= 4 is 5.91 Å². The number of benzene rings is 2.